The zero-order valence-corrected chi connectivity index (χ0v) is 19.6. The van der Waals surface area contributed by atoms with E-state index in [1.54, 1.807) is 29.2 Å². The Hall–Kier alpha value is -3.59. The van der Waals surface area contributed by atoms with Crippen molar-refractivity contribution < 1.29 is 18.0 Å². The highest BCUT2D eigenvalue weighted by atomic mass is 35.5. The molecule has 2 aromatic heterocycles. The summed E-state index contributed by atoms with van der Waals surface area (Å²) in [7, 11) is 0. The number of aromatic nitrogens is 3. The molecular formula is C25H22ClF2N5O2. The minimum atomic E-state index is -1.10. The molecular weight excluding hydrogens is 476 g/mol. The van der Waals surface area contributed by atoms with Crippen LogP contribution in [0.4, 0.5) is 14.8 Å². The number of hydrogen-bond acceptors (Lipinski definition) is 6. The summed E-state index contributed by atoms with van der Waals surface area (Å²) >= 11 is 6.03. The summed E-state index contributed by atoms with van der Waals surface area (Å²) in [5, 5.41) is 3.74. The van der Waals surface area contributed by atoms with E-state index in [0.29, 0.717) is 35.2 Å². The standard InChI is InChI=1S/C25H22ClF2N5O2/c1-14-4-2-9-33(21(14)13-31-25-32-20-10-15(26)5-6-22(20)35-25)24(34)17-12-19(28)18(27)11-16(17)23-29-7-3-8-30-23/h3,5-8,10-12,14,21H,2,4,9,13H2,1H3,(H,31,32). The number of halogens is 3. The van der Waals surface area contributed by atoms with Gasteiger partial charge in [-0.1, -0.05) is 18.5 Å². The van der Waals surface area contributed by atoms with Gasteiger partial charge in [0.1, 0.15) is 5.52 Å². The van der Waals surface area contributed by atoms with Crippen LogP contribution in [0.15, 0.2) is 53.2 Å². The van der Waals surface area contributed by atoms with Crippen LogP contribution in [0.3, 0.4) is 0 Å². The van der Waals surface area contributed by atoms with Crippen LogP contribution in [-0.4, -0.2) is 44.9 Å². The normalized spacial score (nSPS) is 18.1. The third-order valence-electron chi connectivity index (χ3n) is 6.29. The second-order valence-electron chi connectivity index (χ2n) is 8.58. The van der Waals surface area contributed by atoms with Crippen LogP contribution >= 0.6 is 11.6 Å². The third-order valence-corrected chi connectivity index (χ3v) is 6.52. The molecule has 0 saturated carbocycles. The van der Waals surface area contributed by atoms with E-state index in [9.17, 15) is 13.6 Å². The Morgan fingerprint density at radius 1 is 1.20 bits per heavy atom. The van der Waals surface area contributed by atoms with Crippen molar-refractivity contribution in [2.24, 2.45) is 5.92 Å². The average molecular weight is 498 g/mol. The first-order valence-electron chi connectivity index (χ1n) is 11.3. The van der Waals surface area contributed by atoms with Crippen molar-refractivity contribution in [3.05, 3.63) is 71.0 Å². The van der Waals surface area contributed by atoms with Crippen molar-refractivity contribution >= 4 is 34.6 Å². The number of benzene rings is 2. The van der Waals surface area contributed by atoms with Crippen LogP contribution in [0.1, 0.15) is 30.1 Å². The van der Waals surface area contributed by atoms with E-state index in [2.05, 4.69) is 27.2 Å². The van der Waals surface area contributed by atoms with Crippen LogP contribution in [0.2, 0.25) is 5.02 Å². The highest BCUT2D eigenvalue weighted by molar-refractivity contribution is 6.31. The van der Waals surface area contributed by atoms with Gasteiger partial charge in [0.05, 0.1) is 11.6 Å². The molecule has 1 N–H and O–H groups in total. The molecule has 4 aromatic rings. The van der Waals surface area contributed by atoms with Crippen molar-refractivity contribution in [1.82, 2.24) is 19.9 Å². The zero-order valence-electron chi connectivity index (χ0n) is 18.8. The van der Waals surface area contributed by atoms with Crippen molar-refractivity contribution in [2.45, 2.75) is 25.8 Å². The van der Waals surface area contributed by atoms with Crippen molar-refractivity contribution in [2.75, 3.05) is 18.4 Å². The number of oxazole rings is 1. The predicted molar refractivity (Wildman–Crippen MR) is 128 cm³/mol. The van der Waals surface area contributed by atoms with Gasteiger partial charge in [0, 0.05) is 36.1 Å². The number of anilines is 1. The second-order valence-corrected chi connectivity index (χ2v) is 9.02. The van der Waals surface area contributed by atoms with E-state index in [1.807, 2.05) is 0 Å². The number of fused-ring (bicyclic) bond motifs is 1. The van der Waals surface area contributed by atoms with Gasteiger partial charge in [0.15, 0.2) is 23.0 Å². The number of carbonyl (C=O) groups excluding carboxylic acids is 1. The van der Waals surface area contributed by atoms with Gasteiger partial charge in [-0.2, -0.15) is 4.98 Å². The average Bonchev–Trinajstić information content (AvgIpc) is 3.26. The molecule has 0 spiro atoms. The number of carbonyl (C=O) groups is 1. The number of likely N-dealkylation sites (tertiary alicyclic amines) is 1. The maximum Gasteiger partial charge on any atom is 0.295 e. The molecule has 1 saturated heterocycles. The number of nitrogens with zero attached hydrogens (tertiary/aromatic N) is 4. The Balaban J connectivity index is 1.43. The predicted octanol–water partition coefficient (Wildman–Crippen LogP) is 5.57. The second kappa shape index (κ2) is 9.58. The van der Waals surface area contributed by atoms with Gasteiger partial charge >= 0.3 is 0 Å². The lowest BCUT2D eigenvalue weighted by Crippen LogP contribution is -2.51. The molecule has 1 aliphatic rings. The Labute approximate surface area is 205 Å². The fourth-order valence-electron chi connectivity index (χ4n) is 4.48. The molecule has 0 radical (unpaired) electrons. The Morgan fingerprint density at radius 3 is 2.77 bits per heavy atom. The molecule has 7 nitrogen and oxygen atoms in total. The van der Waals surface area contributed by atoms with Gasteiger partial charge in [-0.05, 0) is 55.2 Å². The van der Waals surface area contributed by atoms with E-state index in [0.717, 1.165) is 25.0 Å². The molecule has 1 fully saturated rings. The SMILES string of the molecule is CC1CCCN(C(=O)c2cc(F)c(F)cc2-c2ncccn2)C1CNc1nc2cc(Cl)ccc2o1. The van der Waals surface area contributed by atoms with Crippen LogP contribution in [0, 0.1) is 17.6 Å². The number of amides is 1. The number of piperidine rings is 1. The maximum atomic E-state index is 14.2. The van der Waals surface area contributed by atoms with Gasteiger partial charge in [0.25, 0.3) is 11.9 Å². The van der Waals surface area contributed by atoms with Gasteiger partial charge < -0.3 is 14.6 Å². The van der Waals surface area contributed by atoms with Crippen LogP contribution in [-0.2, 0) is 0 Å². The topological polar surface area (TPSA) is 84.2 Å². The lowest BCUT2D eigenvalue weighted by Gasteiger charge is -2.40. The number of nitrogens with one attached hydrogen (secondary N) is 1. The highest BCUT2D eigenvalue weighted by Gasteiger charge is 2.34. The largest absolute Gasteiger partial charge is 0.424 e. The molecule has 0 bridgehead atoms. The van der Waals surface area contributed by atoms with E-state index in [-0.39, 0.29) is 28.9 Å². The molecule has 1 aliphatic heterocycles. The first-order chi connectivity index (χ1) is 16.9. The zero-order chi connectivity index (χ0) is 24.5. The fraction of sp³-hybridized carbons (Fsp3) is 0.280. The van der Waals surface area contributed by atoms with Crippen LogP contribution < -0.4 is 5.32 Å². The summed E-state index contributed by atoms with van der Waals surface area (Å²) in [5.74, 6) is -2.27. The summed E-state index contributed by atoms with van der Waals surface area (Å²) in [4.78, 5) is 28.1. The molecule has 0 aliphatic carbocycles. The number of hydrogen-bond donors (Lipinski definition) is 1. The van der Waals surface area contributed by atoms with Gasteiger partial charge in [-0.25, -0.2) is 18.7 Å². The summed E-state index contributed by atoms with van der Waals surface area (Å²) < 4.78 is 34.1. The van der Waals surface area contributed by atoms with E-state index in [4.69, 9.17) is 16.0 Å². The highest BCUT2D eigenvalue weighted by Crippen LogP contribution is 2.30. The molecule has 2 unspecified atom stereocenters. The minimum Gasteiger partial charge on any atom is -0.424 e. The van der Waals surface area contributed by atoms with E-state index in [1.165, 1.54) is 12.4 Å². The van der Waals surface area contributed by atoms with Crippen molar-refractivity contribution in [3.63, 3.8) is 0 Å². The third kappa shape index (κ3) is 4.68. The summed E-state index contributed by atoms with van der Waals surface area (Å²) in [6.45, 7) is 2.91. The molecule has 2 atom stereocenters. The summed E-state index contributed by atoms with van der Waals surface area (Å²) in [6.07, 6.45) is 4.69. The fourth-order valence-corrected chi connectivity index (χ4v) is 4.65. The number of rotatable bonds is 5. The molecule has 3 heterocycles. The van der Waals surface area contributed by atoms with E-state index >= 15 is 0 Å². The van der Waals surface area contributed by atoms with Gasteiger partial charge in [-0.3, -0.25) is 4.79 Å². The monoisotopic (exact) mass is 497 g/mol. The van der Waals surface area contributed by atoms with Gasteiger partial charge in [0.2, 0.25) is 0 Å². The van der Waals surface area contributed by atoms with Crippen molar-refractivity contribution in [3.8, 4) is 11.4 Å². The van der Waals surface area contributed by atoms with E-state index < -0.39 is 17.5 Å². The Kier molecular flexibility index (Phi) is 6.34. The summed E-state index contributed by atoms with van der Waals surface area (Å²) in [6, 6.07) is 8.77. The summed E-state index contributed by atoms with van der Waals surface area (Å²) in [5.41, 5.74) is 1.38. The van der Waals surface area contributed by atoms with Crippen LogP contribution in [0.5, 0.6) is 0 Å². The quantitative estimate of drug-likeness (QED) is 0.388. The first-order valence-corrected chi connectivity index (χ1v) is 11.7. The molecule has 2 aromatic carbocycles. The van der Waals surface area contributed by atoms with Gasteiger partial charge in [-0.15, -0.1) is 0 Å². The van der Waals surface area contributed by atoms with Crippen molar-refractivity contribution in [1.29, 1.82) is 0 Å². The molecule has 10 heteroatoms. The Morgan fingerprint density at radius 2 is 1.97 bits per heavy atom. The first kappa shape index (κ1) is 23.2. The molecule has 180 valence electrons. The Bertz CT molecular complexity index is 1380. The smallest absolute Gasteiger partial charge is 0.295 e. The minimum absolute atomic E-state index is 0.0192. The lowest BCUT2D eigenvalue weighted by molar-refractivity contribution is 0.0539. The van der Waals surface area contributed by atoms with Crippen LogP contribution in [0.25, 0.3) is 22.5 Å². The lowest BCUT2D eigenvalue weighted by atomic mass is 9.89. The maximum absolute atomic E-state index is 14.2. The molecule has 1 amide bonds. The molecule has 5 rings (SSSR count). The molecule has 35 heavy (non-hydrogen) atoms.